The molecule has 0 bridgehead atoms. The Kier molecular flexibility index (Phi) is 2.13. The van der Waals surface area contributed by atoms with Gasteiger partial charge >= 0.3 is 0 Å². The maximum absolute atomic E-state index is 11.7. The molecule has 3 atom stereocenters. The smallest absolute Gasteiger partial charge is 0.219 e. The normalized spacial score (nSPS) is 38.8. The zero-order valence-electron chi connectivity index (χ0n) is 7.93. The van der Waals surface area contributed by atoms with Crippen molar-refractivity contribution >= 4 is 10.0 Å². The van der Waals surface area contributed by atoms with E-state index in [4.69, 9.17) is 4.74 Å². The van der Waals surface area contributed by atoms with E-state index in [1.54, 1.807) is 13.8 Å². The molecule has 0 aromatic heterocycles. The van der Waals surface area contributed by atoms with E-state index in [-0.39, 0.29) is 17.5 Å². The topological polar surface area (TPSA) is 46.4 Å². The molecule has 4 nitrogen and oxygen atoms in total. The zero-order valence-corrected chi connectivity index (χ0v) is 8.75. The van der Waals surface area contributed by atoms with Gasteiger partial charge in [0, 0.05) is 6.61 Å². The Morgan fingerprint density at radius 1 is 1.46 bits per heavy atom. The van der Waals surface area contributed by atoms with Crippen LogP contribution in [0.4, 0.5) is 0 Å². The molecule has 5 heteroatoms. The van der Waals surface area contributed by atoms with Crippen molar-refractivity contribution in [3.8, 4) is 0 Å². The Balaban J connectivity index is 2.12. The summed E-state index contributed by atoms with van der Waals surface area (Å²) in [6.07, 6.45) is 1.79. The van der Waals surface area contributed by atoms with E-state index in [1.807, 2.05) is 0 Å². The molecule has 0 aromatic carbocycles. The first-order chi connectivity index (χ1) is 6.05. The van der Waals surface area contributed by atoms with Crippen LogP contribution in [0.3, 0.4) is 0 Å². The third-order valence-corrected chi connectivity index (χ3v) is 4.90. The molecule has 2 fully saturated rings. The van der Waals surface area contributed by atoms with Gasteiger partial charge in [-0.05, 0) is 26.7 Å². The number of hydrogen-bond donors (Lipinski definition) is 0. The second kappa shape index (κ2) is 2.93. The summed E-state index contributed by atoms with van der Waals surface area (Å²) < 4.78 is 30.3. The van der Waals surface area contributed by atoms with Crippen molar-refractivity contribution in [2.24, 2.45) is 0 Å². The molecule has 2 saturated heterocycles. The predicted molar refractivity (Wildman–Crippen MR) is 48.7 cm³/mol. The van der Waals surface area contributed by atoms with E-state index >= 15 is 0 Å². The fourth-order valence-corrected chi connectivity index (χ4v) is 3.27. The van der Waals surface area contributed by atoms with Gasteiger partial charge in [-0.25, -0.2) is 8.42 Å². The molecular formula is C8H15NO3S. The largest absolute Gasteiger partial charge is 0.360 e. The quantitative estimate of drug-likeness (QED) is 0.618. The zero-order chi connectivity index (χ0) is 9.64. The van der Waals surface area contributed by atoms with Gasteiger partial charge < -0.3 is 4.74 Å². The Bertz CT molecular complexity index is 287. The molecule has 2 aliphatic heterocycles. The number of hydrogen-bond acceptors (Lipinski definition) is 3. The molecule has 0 spiro atoms. The van der Waals surface area contributed by atoms with Crippen LogP contribution < -0.4 is 0 Å². The highest BCUT2D eigenvalue weighted by molar-refractivity contribution is 7.89. The minimum Gasteiger partial charge on any atom is -0.360 e. The van der Waals surface area contributed by atoms with Crippen molar-refractivity contribution in [1.29, 1.82) is 0 Å². The molecule has 2 rings (SSSR count). The van der Waals surface area contributed by atoms with Crippen LogP contribution in [0.1, 0.15) is 26.7 Å². The van der Waals surface area contributed by atoms with Crippen molar-refractivity contribution in [1.82, 2.24) is 4.31 Å². The van der Waals surface area contributed by atoms with Crippen LogP contribution in [0.25, 0.3) is 0 Å². The van der Waals surface area contributed by atoms with Crippen molar-refractivity contribution in [2.45, 2.75) is 44.2 Å². The fourth-order valence-electron chi connectivity index (χ4n) is 1.76. The lowest BCUT2D eigenvalue weighted by molar-refractivity contribution is 0.0786. The fraction of sp³-hybridized carbons (Fsp3) is 1.00. The summed E-state index contributed by atoms with van der Waals surface area (Å²) in [7, 11) is -3.08. The summed E-state index contributed by atoms with van der Waals surface area (Å²) in [6.45, 7) is 4.12. The molecule has 2 heterocycles. The van der Waals surface area contributed by atoms with Crippen molar-refractivity contribution in [3.63, 3.8) is 0 Å². The molecule has 76 valence electrons. The Morgan fingerprint density at radius 2 is 2.15 bits per heavy atom. The minimum absolute atomic E-state index is 0.138. The monoisotopic (exact) mass is 205 g/mol. The summed E-state index contributed by atoms with van der Waals surface area (Å²) >= 11 is 0. The van der Waals surface area contributed by atoms with Crippen molar-refractivity contribution in [3.05, 3.63) is 0 Å². The summed E-state index contributed by atoms with van der Waals surface area (Å²) in [4.78, 5) is 0. The summed E-state index contributed by atoms with van der Waals surface area (Å²) in [5, 5.41) is -0.332. The molecule has 0 saturated carbocycles. The number of nitrogens with zero attached hydrogens (tertiary/aromatic N) is 1. The van der Waals surface area contributed by atoms with Crippen LogP contribution in [0, 0.1) is 0 Å². The van der Waals surface area contributed by atoms with Gasteiger partial charge in [0.1, 0.15) is 6.23 Å². The van der Waals surface area contributed by atoms with Crippen LogP contribution >= 0.6 is 0 Å². The van der Waals surface area contributed by atoms with E-state index in [2.05, 4.69) is 0 Å². The van der Waals surface area contributed by atoms with Crippen LogP contribution in [-0.4, -0.2) is 36.8 Å². The van der Waals surface area contributed by atoms with E-state index in [9.17, 15) is 8.42 Å². The number of sulfonamides is 1. The Morgan fingerprint density at radius 3 is 2.62 bits per heavy atom. The molecule has 1 unspecified atom stereocenters. The van der Waals surface area contributed by atoms with Crippen LogP contribution in [0.5, 0.6) is 0 Å². The standard InChI is InChI=1S/C8H15NO3S/c1-6(2)13(10,11)9-7-4-3-5-12-8(7)9/h6-8H,3-5H2,1-2H3/t7-,8+,9?/m1/s1. The van der Waals surface area contributed by atoms with Crippen molar-refractivity contribution in [2.75, 3.05) is 6.61 Å². The number of rotatable bonds is 2. The minimum atomic E-state index is -3.08. The molecule has 0 aliphatic carbocycles. The highest BCUT2D eigenvalue weighted by Crippen LogP contribution is 2.40. The molecule has 0 N–H and O–H groups in total. The van der Waals surface area contributed by atoms with Gasteiger partial charge in [0.25, 0.3) is 0 Å². The Hall–Kier alpha value is -0.130. The highest BCUT2D eigenvalue weighted by Gasteiger charge is 2.57. The predicted octanol–water partition coefficient (Wildman–Crippen LogP) is 0.545. The van der Waals surface area contributed by atoms with Crippen LogP contribution in [0.15, 0.2) is 0 Å². The lowest BCUT2D eigenvalue weighted by atomic mass is 10.2. The summed E-state index contributed by atoms with van der Waals surface area (Å²) in [6, 6.07) is 0.140. The molecule has 13 heavy (non-hydrogen) atoms. The number of ether oxygens (including phenoxy) is 1. The lowest BCUT2D eigenvalue weighted by Gasteiger charge is -2.08. The van der Waals surface area contributed by atoms with Gasteiger partial charge in [0.15, 0.2) is 0 Å². The van der Waals surface area contributed by atoms with Gasteiger partial charge in [-0.3, -0.25) is 0 Å². The first-order valence-electron chi connectivity index (χ1n) is 4.69. The average molecular weight is 205 g/mol. The van der Waals surface area contributed by atoms with Gasteiger partial charge in [-0.2, -0.15) is 4.31 Å². The SMILES string of the molecule is CC(C)S(=O)(=O)N1[C@@H]2CCCO[C@@H]21. The molecular weight excluding hydrogens is 190 g/mol. The average Bonchev–Trinajstić information content (AvgIpc) is 2.77. The van der Waals surface area contributed by atoms with E-state index in [0.29, 0.717) is 6.61 Å². The number of fused-ring (bicyclic) bond motifs is 1. The van der Waals surface area contributed by atoms with E-state index in [0.717, 1.165) is 12.8 Å². The summed E-state index contributed by atoms with van der Waals surface area (Å²) in [5.41, 5.74) is 0. The maximum atomic E-state index is 11.7. The summed E-state index contributed by atoms with van der Waals surface area (Å²) in [5.74, 6) is 0. The van der Waals surface area contributed by atoms with Crippen LogP contribution in [-0.2, 0) is 14.8 Å². The highest BCUT2D eigenvalue weighted by atomic mass is 32.2. The van der Waals surface area contributed by atoms with Gasteiger partial charge in [-0.15, -0.1) is 0 Å². The van der Waals surface area contributed by atoms with Crippen LogP contribution in [0.2, 0.25) is 0 Å². The molecule has 0 amide bonds. The third-order valence-electron chi connectivity index (χ3n) is 2.64. The van der Waals surface area contributed by atoms with Gasteiger partial charge in [-0.1, -0.05) is 0 Å². The maximum Gasteiger partial charge on any atom is 0.219 e. The lowest BCUT2D eigenvalue weighted by Crippen LogP contribution is -2.24. The van der Waals surface area contributed by atoms with Gasteiger partial charge in [0.05, 0.1) is 11.3 Å². The van der Waals surface area contributed by atoms with Gasteiger partial charge in [0.2, 0.25) is 10.0 Å². The molecule has 0 aromatic rings. The Labute approximate surface area is 78.9 Å². The van der Waals surface area contributed by atoms with E-state index in [1.165, 1.54) is 4.31 Å². The third kappa shape index (κ3) is 1.39. The second-order valence-corrected chi connectivity index (χ2v) is 6.29. The first-order valence-corrected chi connectivity index (χ1v) is 6.19. The van der Waals surface area contributed by atoms with Crippen molar-refractivity contribution < 1.29 is 13.2 Å². The van der Waals surface area contributed by atoms with E-state index < -0.39 is 10.0 Å². The molecule has 0 radical (unpaired) electrons. The first kappa shape index (κ1) is 9.43. The molecule has 2 aliphatic rings. The second-order valence-electron chi connectivity index (χ2n) is 3.89.